The van der Waals surface area contributed by atoms with E-state index in [-0.39, 0.29) is 0 Å². The van der Waals surface area contributed by atoms with Gasteiger partial charge in [0, 0.05) is 32.0 Å². The first kappa shape index (κ1) is 25.4. The van der Waals surface area contributed by atoms with Gasteiger partial charge in [-0.2, -0.15) is 0 Å². The number of fused-ring (bicyclic) bond motifs is 5. The molecule has 8 rings (SSSR count). The molecule has 0 unspecified atom stereocenters. The van der Waals surface area contributed by atoms with Gasteiger partial charge in [-0.25, -0.2) is 0 Å². The van der Waals surface area contributed by atoms with Gasteiger partial charge in [0.1, 0.15) is 0 Å². The summed E-state index contributed by atoms with van der Waals surface area (Å²) in [5.74, 6) is 0. The summed E-state index contributed by atoms with van der Waals surface area (Å²) in [4.78, 5) is 0. The highest BCUT2D eigenvalue weighted by atomic mass is 32.1. The SMILES string of the molecule is C=c1c(-c2ccc(-c3ccc4ccccc4c3)cc2)c2ccccc2c(-c2cccc3c2sc2ccccc23)/c1=C/C=N. The Hall–Kier alpha value is -5.31. The molecule has 0 aliphatic heterocycles. The third-order valence-corrected chi connectivity index (χ3v) is 9.76. The van der Waals surface area contributed by atoms with E-state index < -0.39 is 0 Å². The fourth-order valence-corrected chi connectivity index (χ4v) is 7.76. The Bertz CT molecular complexity index is 2480. The summed E-state index contributed by atoms with van der Waals surface area (Å²) in [6.45, 7) is 4.66. The van der Waals surface area contributed by atoms with Gasteiger partial charge in [0.2, 0.25) is 0 Å². The molecule has 0 aliphatic rings. The van der Waals surface area contributed by atoms with Crippen molar-refractivity contribution in [2.75, 3.05) is 0 Å². The summed E-state index contributed by atoms with van der Waals surface area (Å²) < 4.78 is 2.55. The summed E-state index contributed by atoms with van der Waals surface area (Å²) in [5, 5.41) is 17.4. The summed E-state index contributed by atoms with van der Waals surface area (Å²) in [7, 11) is 0. The Morgan fingerprint density at radius 3 is 1.95 bits per heavy atom. The van der Waals surface area contributed by atoms with Gasteiger partial charge in [-0.1, -0.05) is 128 Å². The quantitative estimate of drug-likeness (QED) is 0.205. The molecule has 0 bridgehead atoms. The molecule has 1 aromatic heterocycles. The first-order valence-corrected chi connectivity index (χ1v) is 15.3. The molecule has 1 heterocycles. The van der Waals surface area contributed by atoms with Crippen LogP contribution in [0.5, 0.6) is 0 Å². The van der Waals surface area contributed by atoms with Crippen molar-refractivity contribution in [1.82, 2.24) is 0 Å². The van der Waals surface area contributed by atoms with Crippen LogP contribution in [0.2, 0.25) is 0 Å². The molecule has 7 aromatic carbocycles. The molecule has 0 aliphatic carbocycles. The third kappa shape index (κ3) is 4.11. The van der Waals surface area contributed by atoms with E-state index in [1.54, 1.807) is 0 Å². The summed E-state index contributed by atoms with van der Waals surface area (Å²) >= 11 is 1.83. The van der Waals surface area contributed by atoms with Crippen molar-refractivity contribution in [2.45, 2.75) is 0 Å². The Morgan fingerprint density at radius 1 is 0.535 bits per heavy atom. The van der Waals surface area contributed by atoms with Gasteiger partial charge in [0.15, 0.2) is 0 Å². The molecule has 202 valence electrons. The largest absolute Gasteiger partial charge is 0.309 e. The normalized spacial score (nSPS) is 12.0. The minimum atomic E-state index is 0.939. The van der Waals surface area contributed by atoms with Crippen molar-refractivity contribution in [3.63, 3.8) is 0 Å². The van der Waals surface area contributed by atoms with Crippen molar-refractivity contribution in [1.29, 1.82) is 5.41 Å². The van der Waals surface area contributed by atoms with E-state index in [0.29, 0.717) is 0 Å². The fraction of sp³-hybridized carbons (Fsp3) is 0. The lowest BCUT2D eigenvalue weighted by molar-refractivity contribution is 1.53. The van der Waals surface area contributed by atoms with Gasteiger partial charge < -0.3 is 5.41 Å². The van der Waals surface area contributed by atoms with E-state index in [2.05, 4.69) is 140 Å². The predicted molar refractivity (Wildman–Crippen MR) is 189 cm³/mol. The van der Waals surface area contributed by atoms with E-state index in [0.717, 1.165) is 27.1 Å². The van der Waals surface area contributed by atoms with Crippen LogP contribution >= 0.6 is 11.3 Å². The van der Waals surface area contributed by atoms with Crippen molar-refractivity contribution in [3.05, 3.63) is 144 Å². The Labute approximate surface area is 253 Å². The van der Waals surface area contributed by atoms with Crippen LogP contribution in [0.4, 0.5) is 0 Å². The van der Waals surface area contributed by atoms with Gasteiger partial charge in [0.25, 0.3) is 0 Å². The Morgan fingerprint density at radius 2 is 1.16 bits per heavy atom. The Kier molecular flexibility index (Phi) is 6.03. The van der Waals surface area contributed by atoms with Crippen LogP contribution in [-0.2, 0) is 0 Å². The molecule has 2 heteroatoms. The third-order valence-electron chi connectivity index (χ3n) is 8.54. The maximum atomic E-state index is 8.10. The zero-order chi connectivity index (χ0) is 28.9. The molecule has 0 fully saturated rings. The average molecular weight is 566 g/mol. The molecule has 0 amide bonds. The number of benzene rings is 7. The van der Waals surface area contributed by atoms with Gasteiger partial charge in [0.05, 0.1) is 0 Å². The second-order valence-electron chi connectivity index (χ2n) is 10.9. The van der Waals surface area contributed by atoms with Crippen molar-refractivity contribution >= 4 is 71.9 Å². The van der Waals surface area contributed by atoms with E-state index in [4.69, 9.17) is 5.41 Å². The summed E-state index contributed by atoms with van der Waals surface area (Å²) in [6, 6.07) is 47.8. The van der Waals surface area contributed by atoms with Gasteiger partial charge in [-0.3, -0.25) is 0 Å². The maximum absolute atomic E-state index is 8.10. The predicted octanol–water partition coefficient (Wildman–Crippen LogP) is 10.2. The number of hydrogen-bond donors (Lipinski definition) is 1. The lowest BCUT2D eigenvalue weighted by Gasteiger charge is -2.16. The number of hydrogen-bond acceptors (Lipinski definition) is 2. The molecular weight excluding hydrogens is 539 g/mol. The topological polar surface area (TPSA) is 23.9 Å². The van der Waals surface area contributed by atoms with Crippen LogP contribution in [0.1, 0.15) is 0 Å². The second kappa shape index (κ2) is 10.2. The lowest BCUT2D eigenvalue weighted by Crippen LogP contribution is -2.28. The number of nitrogens with one attached hydrogen (secondary N) is 1. The maximum Gasteiger partial charge on any atom is 0.0434 e. The van der Waals surface area contributed by atoms with E-state index in [1.165, 1.54) is 64.6 Å². The van der Waals surface area contributed by atoms with Gasteiger partial charge >= 0.3 is 0 Å². The smallest absolute Gasteiger partial charge is 0.0434 e. The minimum Gasteiger partial charge on any atom is -0.309 e. The van der Waals surface area contributed by atoms with Crippen LogP contribution < -0.4 is 10.4 Å². The van der Waals surface area contributed by atoms with Crippen LogP contribution in [0.25, 0.3) is 87.8 Å². The van der Waals surface area contributed by atoms with Crippen LogP contribution in [0, 0.1) is 5.41 Å². The highest BCUT2D eigenvalue weighted by molar-refractivity contribution is 7.26. The van der Waals surface area contributed by atoms with Gasteiger partial charge in [-0.05, 0) is 78.0 Å². The van der Waals surface area contributed by atoms with Crippen LogP contribution in [0.15, 0.2) is 133 Å². The summed E-state index contributed by atoms with van der Waals surface area (Å²) in [5.41, 5.74) is 6.94. The molecule has 8 aromatic rings. The minimum absolute atomic E-state index is 0.939. The molecule has 0 saturated carbocycles. The Balaban J connectivity index is 1.36. The van der Waals surface area contributed by atoms with Crippen LogP contribution in [-0.4, -0.2) is 6.21 Å². The molecule has 1 nitrogen and oxygen atoms in total. The molecule has 1 N–H and O–H groups in total. The zero-order valence-corrected chi connectivity index (χ0v) is 24.3. The first-order chi connectivity index (χ1) is 21.2. The van der Waals surface area contributed by atoms with E-state index >= 15 is 0 Å². The molecule has 0 radical (unpaired) electrons. The monoisotopic (exact) mass is 565 g/mol. The standard InChI is InChI=1S/C41H27NS/c1-26-32(23-24-42)40(37-15-8-14-36-33-11-6-7-16-38(33)43-41(36)37)35-13-5-4-12-34(35)39(26)29-20-17-28(18-21-29)31-22-19-27-9-2-3-10-30(27)25-31/h2-25,42H,1H2/b32-23+,42-24?. The molecule has 0 spiro atoms. The van der Waals surface area contributed by atoms with Crippen molar-refractivity contribution in [2.24, 2.45) is 0 Å². The second-order valence-corrected chi connectivity index (χ2v) is 12.0. The average Bonchev–Trinajstić information content (AvgIpc) is 3.44. The van der Waals surface area contributed by atoms with Gasteiger partial charge in [-0.15, -0.1) is 11.3 Å². The lowest BCUT2D eigenvalue weighted by atomic mass is 9.87. The van der Waals surface area contributed by atoms with E-state index in [9.17, 15) is 0 Å². The van der Waals surface area contributed by atoms with Crippen LogP contribution in [0.3, 0.4) is 0 Å². The first-order valence-electron chi connectivity index (χ1n) is 14.5. The highest BCUT2D eigenvalue weighted by Gasteiger charge is 2.17. The fourth-order valence-electron chi connectivity index (χ4n) is 6.54. The molecule has 0 atom stereocenters. The molecule has 43 heavy (non-hydrogen) atoms. The molecular formula is C41H27NS. The number of rotatable bonds is 4. The van der Waals surface area contributed by atoms with E-state index in [1.807, 2.05) is 17.4 Å². The van der Waals surface area contributed by atoms with Crippen molar-refractivity contribution < 1.29 is 0 Å². The molecule has 0 saturated heterocycles. The zero-order valence-electron chi connectivity index (χ0n) is 23.5. The number of thiophene rings is 1. The van der Waals surface area contributed by atoms with Crippen molar-refractivity contribution in [3.8, 4) is 33.4 Å². The highest BCUT2D eigenvalue weighted by Crippen LogP contribution is 2.41. The summed E-state index contributed by atoms with van der Waals surface area (Å²) in [6.07, 6.45) is 3.29.